The number of nitrogens with one attached hydrogen (secondary N) is 1. The van der Waals surface area contributed by atoms with Crippen molar-refractivity contribution in [2.45, 2.75) is 77.0 Å². The molecule has 3 aliphatic carbocycles. The first-order chi connectivity index (χ1) is 9.14. The second-order valence-corrected chi connectivity index (χ2v) is 7.24. The first kappa shape index (κ1) is 13.8. The highest BCUT2D eigenvalue weighted by atomic mass is 16.5. The van der Waals surface area contributed by atoms with Crippen LogP contribution in [0.2, 0.25) is 0 Å². The fourth-order valence-corrected chi connectivity index (χ4v) is 4.62. The van der Waals surface area contributed by atoms with Gasteiger partial charge in [-0.1, -0.05) is 19.8 Å². The molecule has 3 aliphatic rings. The molecule has 0 aromatic heterocycles. The van der Waals surface area contributed by atoms with E-state index in [1.165, 1.54) is 38.5 Å². The van der Waals surface area contributed by atoms with Crippen LogP contribution in [0.1, 0.15) is 58.8 Å². The lowest BCUT2D eigenvalue weighted by atomic mass is 9.50. The normalized spacial score (nSPS) is 44.1. The summed E-state index contributed by atoms with van der Waals surface area (Å²) in [6.07, 6.45) is 9.33. The van der Waals surface area contributed by atoms with Gasteiger partial charge in [0.25, 0.3) is 0 Å². The molecule has 2 N–H and O–H groups in total. The maximum Gasteiger partial charge on any atom is 0.0661 e. The third-order valence-electron chi connectivity index (χ3n) is 6.28. The first-order valence-corrected chi connectivity index (χ1v) is 8.13. The monoisotopic (exact) mass is 267 g/mol. The van der Waals surface area contributed by atoms with Crippen LogP contribution in [0, 0.1) is 10.8 Å². The van der Waals surface area contributed by atoms with Gasteiger partial charge in [-0.15, -0.1) is 0 Å². The lowest BCUT2D eigenvalue weighted by Gasteiger charge is -2.62. The standard InChI is InChI=1S/C16H29NO2/c1-3-19-14-10-13(16(14)8-5-9-16)17-12-6-4-7-15(12,2)11-18/h12-14,17-18H,3-11H2,1-2H3. The van der Waals surface area contributed by atoms with Gasteiger partial charge < -0.3 is 15.2 Å². The van der Waals surface area contributed by atoms with Gasteiger partial charge in [0.1, 0.15) is 0 Å². The summed E-state index contributed by atoms with van der Waals surface area (Å²) in [5, 5.41) is 13.6. The van der Waals surface area contributed by atoms with E-state index in [1.54, 1.807) is 0 Å². The molecule has 0 heterocycles. The quantitative estimate of drug-likeness (QED) is 0.804. The largest absolute Gasteiger partial charge is 0.396 e. The summed E-state index contributed by atoms with van der Waals surface area (Å²) < 4.78 is 5.92. The number of rotatable bonds is 5. The minimum Gasteiger partial charge on any atom is -0.396 e. The fourth-order valence-electron chi connectivity index (χ4n) is 4.62. The number of aliphatic hydroxyl groups excluding tert-OH is 1. The van der Waals surface area contributed by atoms with E-state index < -0.39 is 0 Å². The molecular formula is C16H29NO2. The van der Waals surface area contributed by atoms with Gasteiger partial charge >= 0.3 is 0 Å². The number of hydrogen-bond acceptors (Lipinski definition) is 3. The second kappa shape index (κ2) is 5.01. The molecule has 4 atom stereocenters. The molecule has 3 heteroatoms. The highest BCUT2D eigenvalue weighted by Gasteiger charge is 2.59. The van der Waals surface area contributed by atoms with E-state index in [0.29, 0.717) is 30.2 Å². The molecule has 19 heavy (non-hydrogen) atoms. The van der Waals surface area contributed by atoms with Crippen molar-refractivity contribution in [3.8, 4) is 0 Å². The molecule has 4 unspecified atom stereocenters. The van der Waals surface area contributed by atoms with E-state index in [2.05, 4.69) is 19.2 Å². The van der Waals surface area contributed by atoms with Crippen LogP contribution in [-0.4, -0.2) is 36.5 Å². The van der Waals surface area contributed by atoms with E-state index in [4.69, 9.17) is 4.74 Å². The average Bonchev–Trinajstić information content (AvgIpc) is 2.68. The van der Waals surface area contributed by atoms with Crippen molar-refractivity contribution in [3.63, 3.8) is 0 Å². The zero-order chi connectivity index (χ0) is 13.5. The predicted molar refractivity (Wildman–Crippen MR) is 76.1 cm³/mol. The summed E-state index contributed by atoms with van der Waals surface area (Å²) in [4.78, 5) is 0. The highest BCUT2D eigenvalue weighted by Crippen LogP contribution is 2.58. The van der Waals surface area contributed by atoms with Crippen LogP contribution in [0.15, 0.2) is 0 Å². The average molecular weight is 267 g/mol. The van der Waals surface area contributed by atoms with E-state index >= 15 is 0 Å². The van der Waals surface area contributed by atoms with Crippen LogP contribution in [0.3, 0.4) is 0 Å². The number of ether oxygens (including phenoxy) is 1. The molecule has 1 spiro atoms. The lowest BCUT2D eigenvalue weighted by molar-refractivity contribution is -0.176. The van der Waals surface area contributed by atoms with Crippen LogP contribution in [-0.2, 0) is 4.74 Å². The van der Waals surface area contributed by atoms with Crippen molar-refractivity contribution in [1.29, 1.82) is 0 Å². The minimum atomic E-state index is 0.0988. The van der Waals surface area contributed by atoms with Crippen molar-refractivity contribution in [3.05, 3.63) is 0 Å². The SMILES string of the molecule is CCOC1CC(NC2CCCC2(C)CO)C12CCC2. The Morgan fingerprint density at radius 3 is 2.58 bits per heavy atom. The number of hydrogen-bond donors (Lipinski definition) is 2. The summed E-state index contributed by atoms with van der Waals surface area (Å²) in [6, 6.07) is 1.13. The van der Waals surface area contributed by atoms with Gasteiger partial charge in [0.15, 0.2) is 0 Å². The van der Waals surface area contributed by atoms with E-state index in [1.807, 2.05) is 0 Å². The van der Waals surface area contributed by atoms with Gasteiger partial charge in [-0.2, -0.15) is 0 Å². The van der Waals surface area contributed by atoms with Gasteiger partial charge in [0.05, 0.1) is 6.10 Å². The molecule has 0 aliphatic heterocycles. The maximum atomic E-state index is 9.67. The van der Waals surface area contributed by atoms with Gasteiger partial charge in [0, 0.05) is 36.1 Å². The molecule has 110 valence electrons. The molecule has 0 aromatic carbocycles. The Kier molecular flexibility index (Phi) is 3.65. The lowest BCUT2D eigenvalue weighted by Crippen LogP contribution is -2.69. The van der Waals surface area contributed by atoms with Crippen LogP contribution >= 0.6 is 0 Å². The van der Waals surface area contributed by atoms with E-state index in [-0.39, 0.29) is 5.41 Å². The summed E-state index contributed by atoms with van der Waals surface area (Å²) in [5.41, 5.74) is 0.538. The molecule has 3 fully saturated rings. The van der Waals surface area contributed by atoms with Crippen LogP contribution in [0.4, 0.5) is 0 Å². The Morgan fingerprint density at radius 1 is 1.21 bits per heavy atom. The second-order valence-electron chi connectivity index (χ2n) is 7.24. The third kappa shape index (κ3) is 2.05. The van der Waals surface area contributed by atoms with Gasteiger partial charge in [-0.05, 0) is 39.0 Å². The topological polar surface area (TPSA) is 41.5 Å². The Bertz CT molecular complexity index is 329. The zero-order valence-electron chi connectivity index (χ0n) is 12.5. The van der Waals surface area contributed by atoms with Crippen LogP contribution in [0.25, 0.3) is 0 Å². The van der Waals surface area contributed by atoms with Gasteiger partial charge in [-0.25, -0.2) is 0 Å². The van der Waals surface area contributed by atoms with E-state index in [9.17, 15) is 5.11 Å². The van der Waals surface area contributed by atoms with Crippen molar-refractivity contribution >= 4 is 0 Å². The smallest absolute Gasteiger partial charge is 0.0661 e. The molecule has 0 bridgehead atoms. The Labute approximate surface area is 117 Å². The summed E-state index contributed by atoms with van der Waals surface area (Å²) in [5.74, 6) is 0. The first-order valence-electron chi connectivity index (χ1n) is 8.13. The van der Waals surface area contributed by atoms with Crippen LogP contribution < -0.4 is 5.32 Å². The third-order valence-corrected chi connectivity index (χ3v) is 6.28. The van der Waals surface area contributed by atoms with Crippen molar-refractivity contribution in [1.82, 2.24) is 5.32 Å². The van der Waals surface area contributed by atoms with Gasteiger partial charge in [-0.3, -0.25) is 0 Å². The van der Waals surface area contributed by atoms with E-state index in [0.717, 1.165) is 13.0 Å². The number of aliphatic hydroxyl groups is 1. The molecular weight excluding hydrogens is 238 g/mol. The Morgan fingerprint density at radius 2 is 2.00 bits per heavy atom. The van der Waals surface area contributed by atoms with Crippen molar-refractivity contribution < 1.29 is 9.84 Å². The van der Waals surface area contributed by atoms with Crippen molar-refractivity contribution in [2.24, 2.45) is 10.8 Å². The highest BCUT2D eigenvalue weighted by molar-refractivity contribution is 5.13. The Hall–Kier alpha value is -0.120. The molecule has 3 nitrogen and oxygen atoms in total. The Balaban J connectivity index is 1.62. The van der Waals surface area contributed by atoms with Crippen molar-refractivity contribution in [2.75, 3.05) is 13.2 Å². The van der Waals surface area contributed by atoms with Crippen LogP contribution in [0.5, 0.6) is 0 Å². The minimum absolute atomic E-state index is 0.0988. The molecule has 0 saturated heterocycles. The molecule has 3 saturated carbocycles. The summed E-state index contributed by atoms with van der Waals surface area (Å²) >= 11 is 0. The molecule has 0 amide bonds. The fraction of sp³-hybridized carbons (Fsp3) is 1.00. The molecule has 0 radical (unpaired) electrons. The zero-order valence-corrected chi connectivity index (χ0v) is 12.5. The summed E-state index contributed by atoms with van der Waals surface area (Å²) in [6.45, 7) is 5.51. The predicted octanol–water partition coefficient (Wildman–Crippen LogP) is 2.47. The summed E-state index contributed by atoms with van der Waals surface area (Å²) in [7, 11) is 0. The maximum absolute atomic E-state index is 9.67. The van der Waals surface area contributed by atoms with Gasteiger partial charge in [0.2, 0.25) is 0 Å². The molecule has 3 rings (SSSR count). The molecule has 0 aromatic rings.